The maximum atomic E-state index is 10.7. The third-order valence-electron chi connectivity index (χ3n) is 2.02. The number of carboxylic acids is 1. The Balaban J connectivity index is 3.46. The Morgan fingerprint density at radius 3 is 2.46 bits per heavy atom. The summed E-state index contributed by atoms with van der Waals surface area (Å²) in [4.78, 5) is 10.7. The highest BCUT2D eigenvalue weighted by molar-refractivity contribution is 5.73. The molecule has 0 aliphatic heterocycles. The van der Waals surface area contributed by atoms with E-state index in [-0.39, 0.29) is 0 Å². The van der Waals surface area contributed by atoms with Crippen molar-refractivity contribution < 1.29 is 14.6 Å². The van der Waals surface area contributed by atoms with Gasteiger partial charge in [-0.1, -0.05) is 6.92 Å². The Hall–Kier alpha value is -0.570. The molecular weight excluding hydrogens is 168 g/mol. The standard InChI is InChI=1S/C10H20O3/c1-4-7-13-8-5-6-10(2,3)9(11)12/h4-8H2,1-3H3,(H,11,12). The average molecular weight is 188 g/mol. The van der Waals surface area contributed by atoms with Crippen molar-refractivity contribution in [1.29, 1.82) is 0 Å². The molecule has 0 atom stereocenters. The lowest BCUT2D eigenvalue weighted by Gasteiger charge is -2.18. The molecule has 0 saturated heterocycles. The number of carboxylic acid groups (broad SMARTS) is 1. The van der Waals surface area contributed by atoms with Crippen molar-refractivity contribution in [3.8, 4) is 0 Å². The van der Waals surface area contributed by atoms with Crippen LogP contribution in [0, 0.1) is 5.41 Å². The first-order valence-corrected chi connectivity index (χ1v) is 4.82. The molecule has 0 radical (unpaired) electrons. The number of hydrogen-bond acceptors (Lipinski definition) is 2. The minimum absolute atomic E-state index is 0.616. The molecule has 0 bridgehead atoms. The summed E-state index contributed by atoms with van der Waals surface area (Å²) in [6, 6.07) is 0. The third-order valence-corrected chi connectivity index (χ3v) is 2.02. The molecule has 0 saturated carbocycles. The molecule has 0 heterocycles. The fraction of sp³-hybridized carbons (Fsp3) is 0.900. The summed E-state index contributed by atoms with van der Waals surface area (Å²) in [6.07, 6.45) is 2.51. The Morgan fingerprint density at radius 1 is 1.38 bits per heavy atom. The van der Waals surface area contributed by atoms with Crippen molar-refractivity contribution in [3.05, 3.63) is 0 Å². The molecule has 0 aromatic rings. The van der Waals surface area contributed by atoms with Gasteiger partial charge < -0.3 is 9.84 Å². The van der Waals surface area contributed by atoms with Gasteiger partial charge in [-0.05, 0) is 33.1 Å². The number of ether oxygens (including phenoxy) is 1. The van der Waals surface area contributed by atoms with Crippen LogP contribution < -0.4 is 0 Å². The van der Waals surface area contributed by atoms with Gasteiger partial charge in [0.1, 0.15) is 0 Å². The van der Waals surface area contributed by atoms with Crippen LogP contribution in [0.3, 0.4) is 0 Å². The highest BCUT2D eigenvalue weighted by Gasteiger charge is 2.25. The van der Waals surface area contributed by atoms with Crippen molar-refractivity contribution in [3.63, 3.8) is 0 Å². The molecule has 3 nitrogen and oxygen atoms in total. The second-order valence-corrected chi connectivity index (χ2v) is 3.90. The van der Waals surface area contributed by atoms with Crippen LogP contribution in [0.1, 0.15) is 40.0 Å². The van der Waals surface area contributed by atoms with E-state index in [2.05, 4.69) is 6.92 Å². The first-order chi connectivity index (χ1) is 6.00. The topological polar surface area (TPSA) is 46.5 Å². The molecule has 3 heteroatoms. The normalized spacial score (nSPS) is 11.6. The predicted molar refractivity (Wildman–Crippen MR) is 51.8 cm³/mol. The molecule has 0 amide bonds. The molecular formula is C10H20O3. The molecule has 0 fully saturated rings. The monoisotopic (exact) mass is 188 g/mol. The van der Waals surface area contributed by atoms with Crippen LogP contribution in [0.25, 0.3) is 0 Å². The van der Waals surface area contributed by atoms with Gasteiger partial charge in [-0.15, -0.1) is 0 Å². The molecule has 0 aliphatic rings. The number of aliphatic carboxylic acids is 1. The van der Waals surface area contributed by atoms with Crippen LogP contribution in [0.2, 0.25) is 0 Å². The maximum absolute atomic E-state index is 10.7. The highest BCUT2D eigenvalue weighted by Crippen LogP contribution is 2.22. The van der Waals surface area contributed by atoms with E-state index in [1.54, 1.807) is 13.8 Å². The summed E-state index contributed by atoms with van der Waals surface area (Å²) in [6.45, 7) is 6.99. The van der Waals surface area contributed by atoms with E-state index in [4.69, 9.17) is 9.84 Å². The van der Waals surface area contributed by atoms with Gasteiger partial charge in [0.05, 0.1) is 5.41 Å². The van der Waals surface area contributed by atoms with E-state index >= 15 is 0 Å². The van der Waals surface area contributed by atoms with Gasteiger partial charge in [-0.3, -0.25) is 4.79 Å². The van der Waals surface area contributed by atoms with Gasteiger partial charge in [-0.25, -0.2) is 0 Å². The summed E-state index contributed by atoms with van der Waals surface area (Å²) >= 11 is 0. The zero-order chi connectivity index (χ0) is 10.3. The zero-order valence-electron chi connectivity index (χ0n) is 8.80. The van der Waals surface area contributed by atoms with Crippen molar-refractivity contribution in [2.24, 2.45) is 5.41 Å². The summed E-state index contributed by atoms with van der Waals surface area (Å²) in [5.41, 5.74) is -0.616. The van der Waals surface area contributed by atoms with Gasteiger partial charge >= 0.3 is 5.97 Å². The molecule has 1 N–H and O–H groups in total. The fourth-order valence-corrected chi connectivity index (χ4v) is 0.970. The lowest BCUT2D eigenvalue weighted by Crippen LogP contribution is -2.23. The maximum Gasteiger partial charge on any atom is 0.309 e. The molecule has 0 spiro atoms. The van der Waals surface area contributed by atoms with Crippen LogP contribution in [0.4, 0.5) is 0 Å². The Labute approximate surface area is 80.1 Å². The van der Waals surface area contributed by atoms with Crippen LogP contribution >= 0.6 is 0 Å². The quantitative estimate of drug-likeness (QED) is 0.623. The van der Waals surface area contributed by atoms with E-state index in [9.17, 15) is 4.79 Å². The zero-order valence-corrected chi connectivity index (χ0v) is 8.80. The van der Waals surface area contributed by atoms with Crippen LogP contribution in [0.15, 0.2) is 0 Å². The smallest absolute Gasteiger partial charge is 0.309 e. The van der Waals surface area contributed by atoms with Gasteiger partial charge in [0.2, 0.25) is 0 Å². The Kier molecular flexibility index (Phi) is 5.71. The minimum Gasteiger partial charge on any atom is -0.481 e. The first kappa shape index (κ1) is 12.4. The summed E-state index contributed by atoms with van der Waals surface area (Å²) in [5.74, 6) is -0.733. The van der Waals surface area contributed by atoms with E-state index in [1.807, 2.05) is 0 Å². The Bertz CT molecular complexity index is 152. The summed E-state index contributed by atoms with van der Waals surface area (Å²) in [5, 5.41) is 8.80. The van der Waals surface area contributed by atoms with Crippen LogP contribution in [-0.4, -0.2) is 24.3 Å². The summed E-state index contributed by atoms with van der Waals surface area (Å²) in [7, 11) is 0. The van der Waals surface area contributed by atoms with Gasteiger partial charge in [-0.2, -0.15) is 0 Å². The van der Waals surface area contributed by atoms with E-state index in [0.29, 0.717) is 13.0 Å². The fourth-order valence-electron chi connectivity index (χ4n) is 0.970. The lowest BCUT2D eigenvalue weighted by atomic mass is 9.88. The molecule has 0 aromatic heterocycles. The van der Waals surface area contributed by atoms with Crippen LogP contribution in [-0.2, 0) is 9.53 Å². The number of rotatable bonds is 7. The first-order valence-electron chi connectivity index (χ1n) is 4.82. The number of carbonyl (C=O) groups is 1. The third kappa shape index (κ3) is 5.64. The van der Waals surface area contributed by atoms with E-state index < -0.39 is 11.4 Å². The van der Waals surface area contributed by atoms with Crippen LogP contribution in [0.5, 0.6) is 0 Å². The van der Waals surface area contributed by atoms with E-state index in [1.165, 1.54) is 0 Å². The molecule has 78 valence electrons. The van der Waals surface area contributed by atoms with Gasteiger partial charge in [0, 0.05) is 13.2 Å². The molecule has 0 unspecified atom stereocenters. The molecule has 0 rings (SSSR count). The van der Waals surface area contributed by atoms with Crippen molar-refractivity contribution in [1.82, 2.24) is 0 Å². The summed E-state index contributed by atoms with van der Waals surface area (Å²) < 4.78 is 5.27. The Morgan fingerprint density at radius 2 is 2.00 bits per heavy atom. The average Bonchev–Trinajstić information content (AvgIpc) is 2.03. The second kappa shape index (κ2) is 5.97. The van der Waals surface area contributed by atoms with Gasteiger partial charge in [0.25, 0.3) is 0 Å². The van der Waals surface area contributed by atoms with Crippen molar-refractivity contribution >= 4 is 5.97 Å². The molecule has 0 aromatic carbocycles. The molecule has 0 aliphatic carbocycles. The lowest BCUT2D eigenvalue weighted by molar-refractivity contribution is -0.147. The van der Waals surface area contributed by atoms with Crippen molar-refractivity contribution in [2.75, 3.05) is 13.2 Å². The highest BCUT2D eigenvalue weighted by atomic mass is 16.5. The van der Waals surface area contributed by atoms with E-state index in [0.717, 1.165) is 19.4 Å². The largest absolute Gasteiger partial charge is 0.481 e. The van der Waals surface area contributed by atoms with Crippen molar-refractivity contribution in [2.45, 2.75) is 40.0 Å². The number of hydrogen-bond donors (Lipinski definition) is 1. The minimum atomic E-state index is -0.733. The molecule has 13 heavy (non-hydrogen) atoms. The second-order valence-electron chi connectivity index (χ2n) is 3.90. The predicted octanol–water partition coefficient (Wildman–Crippen LogP) is 2.30. The SMILES string of the molecule is CCCOCCCC(C)(C)C(=O)O. The van der Waals surface area contributed by atoms with Gasteiger partial charge in [0.15, 0.2) is 0 Å².